The highest BCUT2D eigenvalue weighted by atomic mass is 16.5. The number of ether oxygens (including phenoxy) is 1. The topological polar surface area (TPSA) is 66.9 Å². The van der Waals surface area contributed by atoms with Gasteiger partial charge in [0.05, 0.1) is 25.1 Å². The van der Waals surface area contributed by atoms with Crippen LogP contribution in [-0.4, -0.2) is 46.2 Å². The van der Waals surface area contributed by atoms with E-state index in [4.69, 9.17) is 9.72 Å². The maximum atomic E-state index is 5.44. The summed E-state index contributed by atoms with van der Waals surface area (Å²) >= 11 is 0. The second-order valence-corrected chi connectivity index (χ2v) is 7.75. The van der Waals surface area contributed by atoms with Crippen molar-refractivity contribution in [1.29, 1.82) is 0 Å². The van der Waals surface area contributed by atoms with Crippen molar-refractivity contribution in [2.75, 3.05) is 31.2 Å². The van der Waals surface area contributed by atoms with Crippen molar-refractivity contribution in [3.63, 3.8) is 0 Å². The lowest BCUT2D eigenvalue weighted by atomic mass is 10.1. The van der Waals surface area contributed by atoms with Crippen molar-refractivity contribution >= 4 is 27.8 Å². The van der Waals surface area contributed by atoms with Gasteiger partial charge in [0.15, 0.2) is 5.65 Å². The fraction of sp³-hybridized carbons (Fsp3) is 0.160. The second kappa shape index (κ2) is 7.49. The molecule has 0 aliphatic carbocycles. The molecule has 31 heavy (non-hydrogen) atoms. The summed E-state index contributed by atoms with van der Waals surface area (Å²) in [6, 6.07) is 18.9. The summed E-state index contributed by atoms with van der Waals surface area (Å²) in [6.45, 7) is 3.42. The normalized spacial score (nSPS) is 14.4. The molecule has 0 atom stereocenters. The molecule has 1 N–H and O–H groups in total. The number of hydrogen-bond acceptors (Lipinski definition) is 5. The molecule has 1 aliphatic rings. The lowest BCUT2D eigenvalue weighted by Gasteiger charge is -2.28. The van der Waals surface area contributed by atoms with E-state index in [1.54, 1.807) is 0 Å². The van der Waals surface area contributed by atoms with Crippen molar-refractivity contribution in [3.8, 4) is 22.4 Å². The van der Waals surface area contributed by atoms with Crippen LogP contribution in [0, 0.1) is 0 Å². The summed E-state index contributed by atoms with van der Waals surface area (Å²) < 4.78 is 5.44. The van der Waals surface area contributed by atoms with E-state index in [-0.39, 0.29) is 0 Å². The van der Waals surface area contributed by atoms with Gasteiger partial charge >= 0.3 is 0 Å². The minimum absolute atomic E-state index is 0.654. The third-order valence-electron chi connectivity index (χ3n) is 5.83. The zero-order chi connectivity index (χ0) is 20.6. The van der Waals surface area contributed by atoms with Crippen LogP contribution < -0.4 is 4.90 Å². The summed E-state index contributed by atoms with van der Waals surface area (Å²) in [5.74, 6) is 0. The summed E-state index contributed by atoms with van der Waals surface area (Å²) in [7, 11) is 0. The number of benzene rings is 2. The van der Waals surface area contributed by atoms with Crippen LogP contribution in [0.15, 0.2) is 73.2 Å². The monoisotopic (exact) mass is 407 g/mol. The third-order valence-corrected chi connectivity index (χ3v) is 5.83. The highest BCUT2D eigenvalue weighted by molar-refractivity contribution is 5.87. The first-order chi connectivity index (χ1) is 15.3. The minimum Gasteiger partial charge on any atom is -0.378 e. The SMILES string of the molecule is c1cc2cc(-c3cnc4nc(-c5ccc(N6CCOCC6)cc5)cnc4c3)ccc2[nH]1. The molecule has 0 saturated carbocycles. The number of rotatable bonds is 3. The van der Waals surface area contributed by atoms with Gasteiger partial charge in [0.2, 0.25) is 0 Å². The second-order valence-electron chi connectivity index (χ2n) is 7.75. The molecule has 0 spiro atoms. The van der Waals surface area contributed by atoms with Crippen LogP contribution in [0.3, 0.4) is 0 Å². The standard InChI is InChI=1S/C25H21N5O/c1-4-21(30-9-11-31-12-10-30)5-2-17(1)24-16-27-23-14-20(15-28-25(23)29-24)18-3-6-22-19(13-18)7-8-26-22/h1-8,13-16,26H,9-12H2. The number of nitrogens with one attached hydrogen (secondary N) is 1. The van der Waals surface area contributed by atoms with E-state index in [0.717, 1.165) is 59.7 Å². The number of H-pyrrole nitrogens is 1. The Balaban J connectivity index is 1.30. The van der Waals surface area contributed by atoms with Crippen LogP contribution in [0.5, 0.6) is 0 Å². The Kier molecular flexibility index (Phi) is 4.35. The summed E-state index contributed by atoms with van der Waals surface area (Å²) in [4.78, 5) is 19.6. The molecule has 2 aromatic carbocycles. The summed E-state index contributed by atoms with van der Waals surface area (Å²) in [5, 5.41) is 1.18. The number of hydrogen-bond donors (Lipinski definition) is 1. The smallest absolute Gasteiger partial charge is 0.178 e. The van der Waals surface area contributed by atoms with Gasteiger partial charge < -0.3 is 14.6 Å². The van der Waals surface area contributed by atoms with Gasteiger partial charge in [-0.25, -0.2) is 9.97 Å². The first-order valence-electron chi connectivity index (χ1n) is 10.5. The Hall–Kier alpha value is -3.77. The first kappa shape index (κ1) is 18.0. The van der Waals surface area contributed by atoms with Crippen LogP contribution in [0.2, 0.25) is 0 Å². The Morgan fingerprint density at radius 3 is 2.52 bits per heavy atom. The van der Waals surface area contributed by atoms with Crippen molar-refractivity contribution in [2.45, 2.75) is 0 Å². The van der Waals surface area contributed by atoms with Crippen molar-refractivity contribution < 1.29 is 4.74 Å². The number of nitrogens with zero attached hydrogens (tertiary/aromatic N) is 4. The highest BCUT2D eigenvalue weighted by Gasteiger charge is 2.12. The molecule has 0 bridgehead atoms. The Labute approximate surface area is 179 Å². The van der Waals surface area contributed by atoms with Crippen LogP contribution in [0.1, 0.15) is 0 Å². The van der Waals surface area contributed by atoms with Crippen molar-refractivity contribution in [3.05, 3.63) is 73.2 Å². The fourth-order valence-electron chi connectivity index (χ4n) is 4.10. The van der Waals surface area contributed by atoms with Crippen LogP contribution >= 0.6 is 0 Å². The molecule has 5 aromatic rings. The van der Waals surface area contributed by atoms with E-state index in [0.29, 0.717) is 5.65 Å². The Morgan fingerprint density at radius 2 is 1.65 bits per heavy atom. The highest BCUT2D eigenvalue weighted by Crippen LogP contribution is 2.27. The number of aromatic amines is 1. The van der Waals surface area contributed by atoms with Gasteiger partial charge in [0.1, 0.15) is 5.52 Å². The van der Waals surface area contributed by atoms with Crippen molar-refractivity contribution in [1.82, 2.24) is 19.9 Å². The quantitative estimate of drug-likeness (QED) is 0.470. The molecule has 3 aromatic heterocycles. The predicted molar refractivity (Wildman–Crippen MR) is 123 cm³/mol. The molecule has 0 unspecified atom stereocenters. The van der Waals surface area contributed by atoms with Crippen LogP contribution in [0.4, 0.5) is 5.69 Å². The number of fused-ring (bicyclic) bond motifs is 2. The van der Waals surface area contributed by atoms with Gasteiger partial charge in [-0.05, 0) is 47.3 Å². The van der Waals surface area contributed by atoms with Gasteiger partial charge in [-0.15, -0.1) is 0 Å². The largest absolute Gasteiger partial charge is 0.378 e. The van der Waals surface area contributed by atoms with Crippen LogP contribution in [0.25, 0.3) is 44.5 Å². The average molecular weight is 407 g/mol. The molecule has 0 radical (unpaired) electrons. The Bertz CT molecular complexity index is 1370. The van der Waals surface area contributed by atoms with Crippen molar-refractivity contribution in [2.24, 2.45) is 0 Å². The third kappa shape index (κ3) is 3.41. The molecule has 6 rings (SSSR count). The average Bonchev–Trinajstić information content (AvgIpc) is 3.32. The van der Waals surface area contributed by atoms with E-state index < -0.39 is 0 Å². The maximum Gasteiger partial charge on any atom is 0.178 e. The fourth-order valence-corrected chi connectivity index (χ4v) is 4.10. The van der Waals surface area contributed by atoms with Gasteiger partial charge in [0, 0.05) is 47.8 Å². The molecule has 4 heterocycles. The first-order valence-corrected chi connectivity index (χ1v) is 10.5. The van der Waals surface area contributed by atoms with Gasteiger partial charge in [0.25, 0.3) is 0 Å². The van der Waals surface area contributed by atoms with Gasteiger partial charge in [-0.3, -0.25) is 4.98 Å². The maximum absolute atomic E-state index is 5.44. The van der Waals surface area contributed by atoms with Gasteiger partial charge in [-0.2, -0.15) is 0 Å². The van der Waals surface area contributed by atoms with E-state index in [1.807, 2.05) is 18.6 Å². The lowest BCUT2D eigenvalue weighted by molar-refractivity contribution is 0.122. The molecule has 0 amide bonds. The minimum atomic E-state index is 0.654. The number of anilines is 1. The number of morpholine rings is 1. The van der Waals surface area contributed by atoms with E-state index in [1.165, 1.54) is 11.1 Å². The number of pyridine rings is 1. The predicted octanol–water partition coefficient (Wildman–Crippen LogP) is 4.68. The molecule has 6 nitrogen and oxygen atoms in total. The van der Waals surface area contributed by atoms with E-state index >= 15 is 0 Å². The summed E-state index contributed by atoms with van der Waals surface area (Å²) in [6.07, 6.45) is 5.65. The molecule has 152 valence electrons. The molecule has 6 heteroatoms. The molecule has 1 aliphatic heterocycles. The van der Waals surface area contributed by atoms with Gasteiger partial charge in [-0.1, -0.05) is 18.2 Å². The van der Waals surface area contributed by atoms with E-state index in [9.17, 15) is 0 Å². The molecule has 1 fully saturated rings. The summed E-state index contributed by atoms with van der Waals surface area (Å²) in [5.41, 5.74) is 7.80. The molecule has 1 saturated heterocycles. The molecular weight excluding hydrogens is 386 g/mol. The molecular formula is C25H21N5O. The number of aromatic nitrogens is 4. The Morgan fingerprint density at radius 1 is 0.806 bits per heavy atom. The zero-order valence-corrected chi connectivity index (χ0v) is 17.0. The van der Waals surface area contributed by atoms with Crippen LogP contribution in [-0.2, 0) is 4.74 Å². The lowest BCUT2D eigenvalue weighted by Crippen LogP contribution is -2.36. The van der Waals surface area contributed by atoms with E-state index in [2.05, 4.69) is 74.4 Å². The zero-order valence-electron chi connectivity index (χ0n) is 17.0.